The fraction of sp³-hybridized carbons (Fsp3) is 0.375. The van der Waals surface area contributed by atoms with E-state index in [0.717, 1.165) is 28.2 Å². The highest BCUT2D eigenvalue weighted by atomic mass is 32.1. The molecule has 2 aromatic rings. The predicted molar refractivity (Wildman–Crippen MR) is 80.1 cm³/mol. The maximum absolute atomic E-state index is 10.6. The summed E-state index contributed by atoms with van der Waals surface area (Å²) in [4.78, 5) is 2.38. The molecule has 0 aliphatic carbocycles. The molecule has 1 atom stereocenters. The molecule has 102 valence electrons. The zero-order valence-electron chi connectivity index (χ0n) is 11.6. The Morgan fingerprint density at radius 3 is 2.58 bits per heavy atom. The summed E-state index contributed by atoms with van der Waals surface area (Å²) in [6.07, 6.45) is 0.346. The molecule has 0 amide bonds. The van der Waals surface area contributed by atoms with Crippen LogP contribution in [0.2, 0.25) is 0 Å². The molecule has 1 unspecified atom stereocenters. The van der Waals surface area contributed by atoms with Gasteiger partial charge in [0, 0.05) is 15.3 Å². The van der Waals surface area contributed by atoms with Gasteiger partial charge in [-0.15, -0.1) is 11.3 Å². The highest BCUT2D eigenvalue weighted by molar-refractivity contribution is 7.12. The van der Waals surface area contributed by atoms with E-state index in [-0.39, 0.29) is 0 Å². The van der Waals surface area contributed by atoms with Gasteiger partial charge in [0.2, 0.25) is 0 Å². The van der Waals surface area contributed by atoms with E-state index >= 15 is 0 Å². The largest absolute Gasteiger partial charge is 0.493 e. The molecule has 0 saturated carbocycles. The molecule has 0 aliphatic rings. The summed E-state index contributed by atoms with van der Waals surface area (Å²) in [6.45, 7) is 6.86. The predicted octanol–water partition coefficient (Wildman–Crippen LogP) is 4.24. The third-order valence-corrected chi connectivity index (χ3v) is 4.03. The molecule has 0 radical (unpaired) electrons. The fourth-order valence-corrected chi connectivity index (χ4v) is 3.10. The molecule has 1 N–H and O–H groups in total. The quantitative estimate of drug-likeness (QED) is 0.885. The average molecular weight is 276 g/mol. The van der Waals surface area contributed by atoms with Crippen molar-refractivity contribution in [3.05, 3.63) is 51.2 Å². The first-order valence-electron chi connectivity index (χ1n) is 6.60. The molecule has 2 rings (SSSR count). The summed E-state index contributed by atoms with van der Waals surface area (Å²) in [5, 5.41) is 10.6. The third-order valence-electron chi connectivity index (χ3n) is 3.05. The van der Waals surface area contributed by atoms with Crippen LogP contribution in [0.5, 0.6) is 5.75 Å². The van der Waals surface area contributed by atoms with Crippen molar-refractivity contribution in [1.29, 1.82) is 0 Å². The van der Waals surface area contributed by atoms with Crippen molar-refractivity contribution >= 4 is 11.3 Å². The number of benzene rings is 1. The molecule has 3 heteroatoms. The van der Waals surface area contributed by atoms with Gasteiger partial charge in [-0.25, -0.2) is 0 Å². The molecule has 0 spiro atoms. The molecule has 1 aromatic carbocycles. The van der Waals surface area contributed by atoms with Gasteiger partial charge in [-0.05, 0) is 38.0 Å². The molecule has 19 heavy (non-hydrogen) atoms. The Morgan fingerprint density at radius 1 is 1.21 bits per heavy atom. The number of aliphatic hydroxyl groups is 1. The second-order valence-corrected chi connectivity index (χ2v) is 6.12. The smallest absolute Gasteiger partial charge is 0.125 e. The van der Waals surface area contributed by atoms with Gasteiger partial charge in [0.15, 0.2) is 0 Å². The van der Waals surface area contributed by atoms with E-state index in [4.69, 9.17) is 4.74 Å². The van der Waals surface area contributed by atoms with Crippen LogP contribution >= 0.6 is 11.3 Å². The lowest BCUT2D eigenvalue weighted by Gasteiger charge is -2.16. The minimum absolute atomic E-state index is 0.613. The van der Waals surface area contributed by atoms with Gasteiger partial charge >= 0.3 is 0 Å². The van der Waals surface area contributed by atoms with Crippen molar-refractivity contribution in [3.8, 4) is 5.75 Å². The number of ether oxygens (including phenoxy) is 1. The average Bonchev–Trinajstić information content (AvgIpc) is 2.75. The van der Waals surface area contributed by atoms with Crippen LogP contribution in [0.3, 0.4) is 0 Å². The van der Waals surface area contributed by atoms with Crippen LogP contribution in [0.15, 0.2) is 30.3 Å². The van der Waals surface area contributed by atoms with Crippen molar-refractivity contribution in [2.24, 2.45) is 0 Å². The van der Waals surface area contributed by atoms with Crippen LogP contribution in [-0.2, 0) is 0 Å². The van der Waals surface area contributed by atoms with Crippen LogP contribution < -0.4 is 4.74 Å². The van der Waals surface area contributed by atoms with Crippen LogP contribution in [0.25, 0.3) is 0 Å². The Morgan fingerprint density at radius 2 is 1.95 bits per heavy atom. The number of hydrogen-bond acceptors (Lipinski definition) is 3. The first-order chi connectivity index (χ1) is 9.13. The van der Waals surface area contributed by atoms with Crippen LogP contribution in [0.1, 0.15) is 40.3 Å². The number of rotatable bonds is 5. The van der Waals surface area contributed by atoms with Gasteiger partial charge in [0.05, 0.1) is 6.61 Å². The highest BCUT2D eigenvalue weighted by Gasteiger charge is 2.18. The summed E-state index contributed by atoms with van der Waals surface area (Å²) in [7, 11) is 0. The molecule has 0 aliphatic heterocycles. The van der Waals surface area contributed by atoms with E-state index in [9.17, 15) is 5.11 Å². The molecule has 1 aromatic heterocycles. The van der Waals surface area contributed by atoms with E-state index in [1.165, 1.54) is 4.88 Å². The molecule has 0 saturated heterocycles. The van der Waals surface area contributed by atoms with Crippen molar-refractivity contribution in [2.45, 2.75) is 33.3 Å². The van der Waals surface area contributed by atoms with E-state index < -0.39 is 6.10 Å². The molecular weight excluding hydrogens is 256 g/mol. The van der Waals surface area contributed by atoms with Gasteiger partial charge in [0.25, 0.3) is 0 Å². The highest BCUT2D eigenvalue weighted by Crippen LogP contribution is 2.34. The number of hydrogen-bond donors (Lipinski definition) is 1. The summed E-state index contributed by atoms with van der Waals surface area (Å²) in [6, 6.07) is 9.78. The topological polar surface area (TPSA) is 29.5 Å². The number of thiophene rings is 1. The summed E-state index contributed by atoms with van der Waals surface area (Å²) < 4.78 is 5.72. The first kappa shape index (κ1) is 14.1. The Hall–Kier alpha value is -1.32. The van der Waals surface area contributed by atoms with Crippen molar-refractivity contribution < 1.29 is 9.84 Å². The van der Waals surface area contributed by atoms with Gasteiger partial charge in [-0.3, -0.25) is 0 Å². The summed E-state index contributed by atoms with van der Waals surface area (Å²) >= 11 is 1.72. The molecule has 1 heterocycles. The monoisotopic (exact) mass is 276 g/mol. The van der Waals surface area contributed by atoms with Crippen molar-refractivity contribution in [2.75, 3.05) is 6.61 Å². The molecule has 0 fully saturated rings. The lowest BCUT2D eigenvalue weighted by Crippen LogP contribution is -2.04. The number of aryl methyl sites for hydroxylation is 2. The molecule has 0 bridgehead atoms. The SMILES string of the molecule is CCCOc1ccccc1C(O)c1cc(C)sc1C. The van der Waals surface area contributed by atoms with Gasteiger partial charge < -0.3 is 9.84 Å². The maximum Gasteiger partial charge on any atom is 0.125 e. The summed E-state index contributed by atoms with van der Waals surface area (Å²) in [5.74, 6) is 0.778. The Labute approximate surface area is 118 Å². The zero-order chi connectivity index (χ0) is 13.8. The zero-order valence-corrected chi connectivity index (χ0v) is 12.5. The van der Waals surface area contributed by atoms with Gasteiger partial charge in [-0.2, -0.15) is 0 Å². The van der Waals surface area contributed by atoms with E-state index in [1.807, 2.05) is 31.2 Å². The van der Waals surface area contributed by atoms with E-state index in [1.54, 1.807) is 11.3 Å². The minimum Gasteiger partial charge on any atom is -0.493 e. The third kappa shape index (κ3) is 3.17. The van der Waals surface area contributed by atoms with E-state index in [0.29, 0.717) is 6.61 Å². The minimum atomic E-state index is -0.613. The normalized spacial score (nSPS) is 12.4. The lowest BCUT2D eigenvalue weighted by atomic mass is 10.0. The fourth-order valence-electron chi connectivity index (χ4n) is 2.14. The Balaban J connectivity index is 2.32. The van der Waals surface area contributed by atoms with E-state index in [2.05, 4.69) is 19.9 Å². The Bertz CT molecular complexity index is 545. The van der Waals surface area contributed by atoms with Gasteiger partial charge in [0.1, 0.15) is 11.9 Å². The standard InChI is InChI=1S/C16H20O2S/c1-4-9-18-15-8-6-5-7-13(15)16(17)14-10-11(2)19-12(14)3/h5-8,10,16-17H,4,9H2,1-3H3. The lowest BCUT2D eigenvalue weighted by molar-refractivity contribution is 0.210. The second-order valence-electron chi connectivity index (χ2n) is 4.66. The first-order valence-corrected chi connectivity index (χ1v) is 7.41. The molecular formula is C16H20O2S. The van der Waals surface area contributed by atoms with Gasteiger partial charge in [-0.1, -0.05) is 25.1 Å². The second kappa shape index (κ2) is 6.22. The van der Waals surface area contributed by atoms with Crippen LogP contribution in [0, 0.1) is 13.8 Å². The van der Waals surface area contributed by atoms with Crippen LogP contribution in [0.4, 0.5) is 0 Å². The summed E-state index contributed by atoms with van der Waals surface area (Å²) in [5.41, 5.74) is 1.83. The number of para-hydroxylation sites is 1. The maximum atomic E-state index is 10.6. The van der Waals surface area contributed by atoms with Crippen molar-refractivity contribution in [1.82, 2.24) is 0 Å². The molecule has 2 nitrogen and oxygen atoms in total. The van der Waals surface area contributed by atoms with Crippen molar-refractivity contribution in [3.63, 3.8) is 0 Å². The van der Waals surface area contributed by atoms with Crippen LogP contribution in [-0.4, -0.2) is 11.7 Å². The Kier molecular flexibility index (Phi) is 4.61. The number of aliphatic hydroxyl groups excluding tert-OH is 1.